The quantitative estimate of drug-likeness (QED) is 0.678. The Kier molecular flexibility index (Phi) is 1.85. The van der Waals surface area contributed by atoms with Crippen LogP contribution in [0.15, 0.2) is 45.6 Å². The number of fused-ring (bicyclic) bond motifs is 1. The minimum Gasteiger partial charge on any atom is -0.446 e. The van der Waals surface area contributed by atoms with Crippen molar-refractivity contribution < 1.29 is 4.42 Å². The zero-order valence-electron chi connectivity index (χ0n) is 7.59. The third-order valence-electron chi connectivity index (χ3n) is 2.11. The van der Waals surface area contributed by atoms with Gasteiger partial charge in [0, 0.05) is 6.20 Å². The second-order valence-electron chi connectivity index (χ2n) is 3.06. The predicted octanol–water partition coefficient (Wildman–Crippen LogP) is 2.75. The molecular formula is C10H6BrN3O. The van der Waals surface area contributed by atoms with E-state index in [4.69, 9.17) is 4.42 Å². The first kappa shape index (κ1) is 8.67. The van der Waals surface area contributed by atoms with Crippen LogP contribution in [0.2, 0.25) is 0 Å². The maximum Gasteiger partial charge on any atom is 0.204 e. The summed E-state index contributed by atoms with van der Waals surface area (Å²) in [6.45, 7) is 0. The molecule has 0 spiro atoms. The summed E-state index contributed by atoms with van der Waals surface area (Å²) in [5.74, 6) is 1.40. The Hall–Kier alpha value is -1.62. The number of pyridine rings is 1. The number of aromatic nitrogens is 3. The smallest absolute Gasteiger partial charge is 0.204 e. The Bertz CT molecular complexity index is 614. The first-order chi connectivity index (χ1) is 7.34. The molecule has 0 fully saturated rings. The summed E-state index contributed by atoms with van der Waals surface area (Å²) in [7, 11) is 0. The Morgan fingerprint density at radius 1 is 1.13 bits per heavy atom. The van der Waals surface area contributed by atoms with Crippen molar-refractivity contribution >= 4 is 21.6 Å². The first-order valence-corrected chi connectivity index (χ1v) is 5.19. The molecule has 0 radical (unpaired) electrons. The largest absolute Gasteiger partial charge is 0.446 e. The van der Waals surface area contributed by atoms with Crippen molar-refractivity contribution in [1.29, 1.82) is 0 Å². The summed E-state index contributed by atoms with van der Waals surface area (Å²) in [6, 6.07) is 9.44. The van der Waals surface area contributed by atoms with Gasteiger partial charge in [-0.3, -0.25) is 4.40 Å². The minimum absolute atomic E-state index is 0.685. The van der Waals surface area contributed by atoms with Crippen LogP contribution >= 0.6 is 15.9 Å². The lowest BCUT2D eigenvalue weighted by atomic mass is 10.4. The lowest BCUT2D eigenvalue weighted by molar-refractivity contribution is 0.550. The van der Waals surface area contributed by atoms with E-state index >= 15 is 0 Å². The average molecular weight is 264 g/mol. The first-order valence-electron chi connectivity index (χ1n) is 4.40. The van der Waals surface area contributed by atoms with Crippen LogP contribution < -0.4 is 0 Å². The fourth-order valence-electron chi connectivity index (χ4n) is 1.44. The third kappa shape index (κ3) is 1.35. The molecule has 0 N–H and O–H groups in total. The summed E-state index contributed by atoms with van der Waals surface area (Å²) in [4.78, 5) is 0. The summed E-state index contributed by atoms with van der Waals surface area (Å²) in [5.41, 5.74) is 0.806. The monoisotopic (exact) mass is 263 g/mol. The van der Waals surface area contributed by atoms with E-state index in [1.165, 1.54) is 0 Å². The molecule has 0 aliphatic heterocycles. The molecule has 0 saturated heterocycles. The zero-order valence-corrected chi connectivity index (χ0v) is 9.18. The van der Waals surface area contributed by atoms with E-state index in [9.17, 15) is 0 Å². The van der Waals surface area contributed by atoms with Crippen LogP contribution in [-0.4, -0.2) is 14.6 Å². The van der Waals surface area contributed by atoms with E-state index in [2.05, 4.69) is 26.1 Å². The minimum atomic E-state index is 0.685. The number of furan rings is 1. The molecule has 15 heavy (non-hydrogen) atoms. The van der Waals surface area contributed by atoms with Gasteiger partial charge >= 0.3 is 0 Å². The highest BCUT2D eigenvalue weighted by Gasteiger charge is 2.10. The highest BCUT2D eigenvalue weighted by molar-refractivity contribution is 9.10. The van der Waals surface area contributed by atoms with Gasteiger partial charge in [0.15, 0.2) is 16.1 Å². The van der Waals surface area contributed by atoms with Crippen molar-refractivity contribution in [2.45, 2.75) is 0 Å². The van der Waals surface area contributed by atoms with Crippen LogP contribution in [0, 0.1) is 0 Å². The van der Waals surface area contributed by atoms with Crippen molar-refractivity contribution in [1.82, 2.24) is 14.6 Å². The van der Waals surface area contributed by atoms with Crippen LogP contribution in [0.1, 0.15) is 0 Å². The lowest BCUT2D eigenvalue weighted by Gasteiger charge is -1.94. The highest BCUT2D eigenvalue weighted by atomic mass is 79.9. The van der Waals surface area contributed by atoms with Gasteiger partial charge in [0.2, 0.25) is 5.82 Å². The molecule has 3 heterocycles. The topological polar surface area (TPSA) is 43.3 Å². The summed E-state index contributed by atoms with van der Waals surface area (Å²) in [5, 5.41) is 8.12. The zero-order chi connectivity index (χ0) is 10.3. The molecule has 0 unspecified atom stereocenters. The third-order valence-corrected chi connectivity index (χ3v) is 2.53. The van der Waals surface area contributed by atoms with Gasteiger partial charge in [-0.15, -0.1) is 10.2 Å². The summed E-state index contributed by atoms with van der Waals surface area (Å²) >= 11 is 3.26. The fourth-order valence-corrected chi connectivity index (χ4v) is 1.75. The molecule has 0 aromatic carbocycles. The van der Waals surface area contributed by atoms with E-state index in [1.807, 2.05) is 40.9 Å². The molecule has 0 amide bonds. The van der Waals surface area contributed by atoms with E-state index in [1.54, 1.807) is 0 Å². The molecule has 0 atom stereocenters. The maximum atomic E-state index is 5.43. The Balaban J connectivity index is 2.27. The number of hydrogen-bond acceptors (Lipinski definition) is 3. The lowest BCUT2D eigenvalue weighted by Crippen LogP contribution is -1.86. The molecule has 0 aliphatic rings. The molecule has 74 valence electrons. The second-order valence-corrected chi connectivity index (χ2v) is 3.84. The van der Waals surface area contributed by atoms with Gasteiger partial charge in [0.1, 0.15) is 0 Å². The van der Waals surface area contributed by atoms with Gasteiger partial charge < -0.3 is 4.42 Å². The fraction of sp³-hybridized carbons (Fsp3) is 0. The van der Waals surface area contributed by atoms with Crippen molar-refractivity contribution in [3.8, 4) is 11.6 Å². The molecule has 4 nitrogen and oxygen atoms in total. The summed E-state index contributed by atoms with van der Waals surface area (Å²) in [6.07, 6.45) is 1.90. The number of rotatable bonds is 1. The van der Waals surface area contributed by atoms with Gasteiger partial charge in [0.05, 0.1) is 0 Å². The standard InChI is InChI=1S/C10H6BrN3O/c11-8-5-4-7(15-8)10-13-12-9-3-1-2-6-14(9)10/h1-6H. The Labute approximate surface area is 93.7 Å². The van der Waals surface area contributed by atoms with Crippen molar-refractivity contribution in [3.63, 3.8) is 0 Å². The van der Waals surface area contributed by atoms with Crippen molar-refractivity contribution in [2.75, 3.05) is 0 Å². The van der Waals surface area contributed by atoms with Crippen molar-refractivity contribution in [2.24, 2.45) is 0 Å². The van der Waals surface area contributed by atoms with E-state index < -0.39 is 0 Å². The normalized spacial score (nSPS) is 11.0. The Morgan fingerprint density at radius 2 is 2.07 bits per heavy atom. The van der Waals surface area contributed by atoms with Crippen LogP contribution in [0.5, 0.6) is 0 Å². The van der Waals surface area contributed by atoms with Crippen LogP contribution in [0.3, 0.4) is 0 Å². The van der Waals surface area contributed by atoms with Crippen LogP contribution in [0.4, 0.5) is 0 Å². The molecule has 0 saturated carbocycles. The predicted molar refractivity (Wildman–Crippen MR) is 58.4 cm³/mol. The number of nitrogens with zero attached hydrogens (tertiary/aromatic N) is 3. The van der Waals surface area contributed by atoms with Gasteiger partial charge in [0.25, 0.3) is 0 Å². The molecule has 5 heteroatoms. The Morgan fingerprint density at radius 3 is 2.87 bits per heavy atom. The van der Waals surface area contributed by atoms with E-state index in [0.29, 0.717) is 16.3 Å². The molecule has 3 aromatic rings. The van der Waals surface area contributed by atoms with Crippen LogP contribution in [0.25, 0.3) is 17.2 Å². The average Bonchev–Trinajstić information content (AvgIpc) is 2.83. The number of hydrogen-bond donors (Lipinski definition) is 0. The van der Waals surface area contributed by atoms with Gasteiger partial charge in [-0.1, -0.05) is 6.07 Å². The summed E-state index contributed by atoms with van der Waals surface area (Å²) < 4.78 is 7.99. The highest BCUT2D eigenvalue weighted by Crippen LogP contribution is 2.23. The molecule has 3 rings (SSSR count). The molecule has 0 aliphatic carbocycles. The number of halogens is 1. The molecular weight excluding hydrogens is 258 g/mol. The van der Waals surface area contributed by atoms with Crippen LogP contribution in [-0.2, 0) is 0 Å². The maximum absolute atomic E-state index is 5.43. The van der Waals surface area contributed by atoms with E-state index in [-0.39, 0.29) is 0 Å². The van der Waals surface area contributed by atoms with Gasteiger partial charge in [-0.25, -0.2) is 0 Å². The molecule has 0 bridgehead atoms. The van der Waals surface area contributed by atoms with Gasteiger partial charge in [-0.2, -0.15) is 0 Å². The van der Waals surface area contributed by atoms with E-state index in [0.717, 1.165) is 5.65 Å². The SMILES string of the molecule is Brc1ccc(-c2nnc3ccccn23)o1. The van der Waals surface area contributed by atoms with Crippen molar-refractivity contribution in [3.05, 3.63) is 41.2 Å². The molecule has 3 aromatic heterocycles. The second kappa shape index (κ2) is 3.20. The van der Waals surface area contributed by atoms with Gasteiger partial charge in [-0.05, 0) is 40.2 Å².